The fourth-order valence-corrected chi connectivity index (χ4v) is 3.00. The third kappa shape index (κ3) is 6.77. The zero-order valence-electron chi connectivity index (χ0n) is 16.5. The van der Waals surface area contributed by atoms with Crippen LogP contribution in [0.15, 0.2) is 41.5 Å². The highest BCUT2D eigenvalue weighted by molar-refractivity contribution is 14.0. The second-order valence-corrected chi connectivity index (χ2v) is 6.67. The van der Waals surface area contributed by atoms with Crippen molar-refractivity contribution in [1.82, 2.24) is 15.6 Å². The fourth-order valence-electron chi connectivity index (χ4n) is 3.00. The maximum absolute atomic E-state index is 13.7. The third-order valence-corrected chi connectivity index (χ3v) is 4.51. The molecule has 0 aliphatic carbocycles. The number of aromatic nitrogens is 1. The van der Waals surface area contributed by atoms with Crippen molar-refractivity contribution in [3.05, 3.63) is 59.3 Å². The SMILES string of the molecule is CN=C(NCc1ccc(N2CCOC(C)C2)nc1)NCc1cc(F)ccc1F.I. The van der Waals surface area contributed by atoms with E-state index < -0.39 is 11.6 Å². The first kappa shape index (κ1) is 23.3. The molecule has 0 saturated carbocycles. The summed E-state index contributed by atoms with van der Waals surface area (Å²) in [6.07, 6.45) is 2.02. The Labute approximate surface area is 186 Å². The number of benzene rings is 1. The van der Waals surface area contributed by atoms with Crippen LogP contribution in [0.3, 0.4) is 0 Å². The summed E-state index contributed by atoms with van der Waals surface area (Å²) in [6.45, 7) is 5.08. The van der Waals surface area contributed by atoms with Gasteiger partial charge in [0.05, 0.1) is 12.7 Å². The standard InChI is InChI=1S/C20H25F2N5O.HI/c1-14-13-27(7-8-28-14)19-6-3-15(10-24-19)11-25-20(23-2)26-12-16-9-17(21)4-5-18(16)22;/h3-6,9-10,14H,7-8,11-13H2,1-2H3,(H2,23,25,26);1H. The van der Waals surface area contributed by atoms with Gasteiger partial charge in [-0.3, -0.25) is 4.99 Å². The van der Waals surface area contributed by atoms with Crippen LogP contribution < -0.4 is 15.5 Å². The van der Waals surface area contributed by atoms with Crippen molar-refractivity contribution in [2.45, 2.75) is 26.1 Å². The van der Waals surface area contributed by atoms with Crippen LogP contribution in [0.25, 0.3) is 0 Å². The molecule has 3 rings (SSSR count). The van der Waals surface area contributed by atoms with Crippen LogP contribution in [0.4, 0.5) is 14.6 Å². The molecule has 2 heterocycles. The van der Waals surface area contributed by atoms with Crippen LogP contribution in [0.2, 0.25) is 0 Å². The number of morpholine rings is 1. The Hall–Kier alpha value is -2.01. The van der Waals surface area contributed by atoms with Gasteiger partial charge < -0.3 is 20.3 Å². The quantitative estimate of drug-likeness (QED) is 0.363. The van der Waals surface area contributed by atoms with Gasteiger partial charge in [-0.25, -0.2) is 13.8 Å². The smallest absolute Gasteiger partial charge is 0.191 e. The molecule has 1 aromatic heterocycles. The molecule has 2 aromatic rings. The molecule has 6 nitrogen and oxygen atoms in total. The van der Waals surface area contributed by atoms with Crippen molar-refractivity contribution in [2.75, 3.05) is 31.6 Å². The second kappa shape index (κ2) is 11.2. The number of pyridine rings is 1. The minimum atomic E-state index is -0.470. The molecule has 1 fully saturated rings. The van der Waals surface area contributed by atoms with Crippen molar-refractivity contribution in [1.29, 1.82) is 0 Å². The number of hydrogen-bond donors (Lipinski definition) is 2. The number of halogens is 3. The highest BCUT2D eigenvalue weighted by atomic mass is 127. The van der Waals surface area contributed by atoms with Gasteiger partial charge in [-0.15, -0.1) is 24.0 Å². The Morgan fingerprint density at radius 3 is 2.72 bits per heavy atom. The Morgan fingerprint density at radius 1 is 1.24 bits per heavy atom. The molecule has 29 heavy (non-hydrogen) atoms. The normalized spacial score (nSPS) is 16.9. The van der Waals surface area contributed by atoms with Gasteiger partial charge in [0, 0.05) is 45.0 Å². The van der Waals surface area contributed by atoms with Crippen LogP contribution >= 0.6 is 24.0 Å². The van der Waals surface area contributed by atoms with E-state index in [1.807, 2.05) is 18.3 Å². The Kier molecular flexibility index (Phi) is 9.02. The van der Waals surface area contributed by atoms with Crippen LogP contribution in [0.5, 0.6) is 0 Å². The molecule has 158 valence electrons. The second-order valence-electron chi connectivity index (χ2n) is 6.67. The Bertz CT molecular complexity index is 819. The van der Waals surface area contributed by atoms with Crippen molar-refractivity contribution < 1.29 is 13.5 Å². The first-order chi connectivity index (χ1) is 13.5. The van der Waals surface area contributed by atoms with Crippen molar-refractivity contribution >= 4 is 35.8 Å². The van der Waals surface area contributed by atoms with E-state index in [2.05, 4.69) is 32.4 Å². The van der Waals surface area contributed by atoms with E-state index in [9.17, 15) is 8.78 Å². The van der Waals surface area contributed by atoms with Gasteiger partial charge in [-0.05, 0) is 36.8 Å². The van der Waals surface area contributed by atoms with E-state index in [0.29, 0.717) is 19.1 Å². The lowest BCUT2D eigenvalue weighted by molar-refractivity contribution is 0.0529. The summed E-state index contributed by atoms with van der Waals surface area (Å²) >= 11 is 0. The largest absolute Gasteiger partial charge is 0.375 e. The molecule has 9 heteroatoms. The van der Waals surface area contributed by atoms with E-state index in [1.165, 1.54) is 6.07 Å². The number of aliphatic imine (C=N–C) groups is 1. The molecule has 0 bridgehead atoms. The summed E-state index contributed by atoms with van der Waals surface area (Å²) in [6, 6.07) is 7.39. The van der Waals surface area contributed by atoms with Gasteiger partial charge in [0.15, 0.2) is 5.96 Å². The molecule has 1 atom stereocenters. The number of anilines is 1. The number of nitrogens with one attached hydrogen (secondary N) is 2. The highest BCUT2D eigenvalue weighted by Crippen LogP contribution is 2.15. The summed E-state index contributed by atoms with van der Waals surface area (Å²) < 4.78 is 32.5. The first-order valence-corrected chi connectivity index (χ1v) is 9.25. The maximum Gasteiger partial charge on any atom is 0.191 e. The molecule has 2 N–H and O–H groups in total. The molecule has 1 aliphatic rings. The average Bonchev–Trinajstić information content (AvgIpc) is 2.71. The zero-order chi connectivity index (χ0) is 19.9. The van der Waals surface area contributed by atoms with Crippen LogP contribution in [0.1, 0.15) is 18.1 Å². The van der Waals surface area contributed by atoms with Gasteiger partial charge in [0.25, 0.3) is 0 Å². The average molecular weight is 517 g/mol. The molecule has 0 spiro atoms. The van der Waals surface area contributed by atoms with Crippen molar-refractivity contribution in [2.24, 2.45) is 4.99 Å². The summed E-state index contributed by atoms with van der Waals surface area (Å²) in [7, 11) is 1.62. The number of nitrogens with zero attached hydrogens (tertiary/aromatic N) is 3. The molecule has 0 radical (unpaired) electrons. The maximum atomic E-state index is 13.7. The van der Waals surface area contributed by atoms with Crippen LogP contribution in [-0.4, -0.2) is 43.8 Å². The lowest BCUT2D eigenvalue weighted by Gasteiger charge is -2.32. The molecule has 1 saturated heterocycles. The predicted molar refractivity (Wildman–Crippen MR) is 121 cm³/mol. The predicted octanol–water partition coefficient (Wildman–Crippen LogP) is 3.07. The third-order valence-electron chi connectivity index (χ3n) is 4.51. The fraction of sp³-hybridized carbons (Fsp3) is 0.400. The minimum Gasteiger partial charge on any atom is -0.375 e. The lowest BCUT2D eigenvalue weighted by atomic mass is 10.2. The van der Waals surface area contributed by atoms with E-state index in [0.717, 1.165) is 36.6 Å². The number of rotatable bonds is 5. The van der Waals surface area contributed by atoms with E-state index in [-0.39, 0.29) is 42.2 Å². The van der Waals surface area contributed by atoms with Gasteiger partial charge in [0.2, 0.25) is 0 Å². The Balaban J connectivity index is 0.00000300. The molecule has 1 aliphatic heterocycles. The highest BCUT2D eigenvalue weighted by Gasteiger charge is 2.17. The summed E-state index contributed by atoms with van der Waals surface area (Å²) in [5.41, 5.74) is 1.23. The summed E-state index contributed by atoms with van der Waals surface area (Å²) in [5.74, 6) is 0.501. The van der Waals surface area contributed by atoms with E-state index >= 15 is 0 Å². The van der Waals surface area contributed by atoms with E-state index in [1.54, 1.807) is 7.05 Å². The number of guanidine groups is 1. The summed E-state index contributed by atoms with van der Waals surface area (Å²) in [4.78, 5) is 10.8. The molecule has 0 amide bonds. The minimum absolute atomic E-state index is 0. The zero-order valence-corrected chi connectivity index (χ0v) is 18.8. The van der Waals surface area contributed by atoms with Crippen molar-refractivity contribution in [3.63, 3.8) is 0 Å². The van der Waals surface area contributed by atoms with E-state index in [4.69, 9.17) is 4.74 Å². The summed E-state index contributed by atoms with van der Waals surface area (Å²) in [5, 5.41) is 6.13. The molecule has 1 unspecified atom stereocenters. The molecule has 1 aromatic carbocycles. The number of hydrogen-bond acceptors (Lipinski definition) is 4. The van der Waals surface area contributed by atoms with Crippen LogP contribution in [0, 0.1) is 11.6 Å². The number of ether oxygens (including phenoxy) is 1. The van der Waals surface area contributed by atoms with Crippen molar-refractivity contribution in [3.8, 4) is 0 Å². The monoisotopic (exact) mass is 517 g/mol. The van der Waals surface area contributed by atoms with Crippen LogP contribution in [-0.2, 0) is 17.8 Å². The van der Waals surface area contributed by atoms with Gasteiger partial charge in [-0.2, -0.15) is 0 Å². The first-order valence-electron chi connectivity index (χ1n) is 9.25. The Morgan fingerprint density at radius 2 is 2.03 bits per heavy atom. The lowest BCUT2D eigenvalue weighted by Crippen LogP contribution is -2.41. The molecular formula is C20H26F2IN5O. The van der Waals surface area contributed by atoms with Gasteiger partial charge in [0.1, 0.15) is 17.5 Å². The topological polar surface area (TPSA) is 61.8 Å². The molecular weight excluding hydrogens is 491 g/mol. The van der Waals surface area contributed by atoms with Gasteiger partial charge in [-0.1, -0.05) is 6.07 Å². The van der Waals surface area contributed by atoms with Gasteiger partial charge >= 0.3 is 0 Å².